The van der Waals surface area contributed by atoms with Crippen molar-refractivity contribution in [3.8, 4) is 0 Å². The number of pyridine rings is 1. The molecule has 1 aromatic heterocycles. The van der Waals surface area contributed by atoms with Crippen molar-refractivity contribution >= 4 is 23.9 Å². The van der Waals surface area contributed by atoms with Gasteiger partial charge >= 0.3 is 0 Å². The number of likely N-dealkylation sites (tertiary alicyclic amines) is 1. The molecule has 39 heavy (non-hydrogen) atoms. The molecule has 1 N–H and O–H groups in total. The van der Waals surface area contributed by atoms with E-state index in [9.17, 15) is 14.4 Å². The fraction of sp³-hybridized carbons (Fsp3) is 0.156. The maximum Gasteiger partial charge on any atom is 0.272 e. The quantitative estimate of drug-likeness (QED) is 0.248. The summed E-state index contributed by atoms with van der Waals surface area (Å²) in [6.45, 7) is 0.218. The van der Waals surface area contributed by atoms with E-state index in [2.05, 4.69) is 15.5 Å². The molecular formula is C32H24N4O3. The lowest BCUT2D eigenvalue weighted by molar-refractivity contribution is -0.140. The van der Waals surface area contributed by atoms with Gasteiger partial charge in [0.1, 0.15) is 0 Å². The number of imide groups is 1. The number of nitrogens with one attached hydrogen (secondary N) is 1. The molecule has 3 aromatic carbocycles. The number of carbonyl (C=O) groups excluding carboxylic acids is 3. The smallest absolute Gasteiger partial charge is 0.272 e. The summed E-state index contributed by atoms with van der Waals surface area (Å²) in [4.78, 5) is 46.5. The minimum atomic E-state index is -1.02. The third-order valence-electron chi connectivity index (χ3n) is 8.32. The van der Waals surface area contributed by atoms with Gasteiger partial charge in [0, 0.05) is 24.5 Å². The van der Waals surface area contributed by atoms with E-state index < -0.39 is 23.2 Å². The molecule has 3 aliphatic carbocycles. The first-order valence-electron chi connectivity index (χ1n) is 12.9. The fourth-order valence-electron chi connectivity index (χ4n) is 6.79. The normalized spacial score (nSPS) is 24.4. The number of benzene rings is 3. The van der Waals surface area contributed by atoms with Crippen LogP contribution in [-0.2, 0) is 21.5 Å². The standard InChI is InChI=1S/C32H24N4O3/c37-29(21-11-8-16-33-17-21)35-34-19-32-24-14-6-4-12-22(24)26(23-13-5-7-15-25(23)32)27-28(32)31(39)36(30(27)38)18-20-9-2-1-3-10-20/h1-17,19,26-28H,18H2,(H,35,37). The molecule has 0 spiro atoms. The van der Waals surface area contributed by atoms with Crippen LogP contribution in [-0.4, -0.2) is 33.8 Å². The van der Waals surface area contributed by atoms with Gasteiger partial charge in [-0.05, 0) is 39.9 Å². The summed E-state index contributed by atoms with van der Waals surface area (Å²) in [6.07, 6.45) is 4.73. The lowest BCUT2D eigenvalue weighted by Gasteiger charge is -2.52. The molecule has 0 saturated carbocycles. The first-order valence-corrected chi connectivity index (χ1v) is 12.9. The summed E-state index contributed by atoms with van der Waals surface area (Å²) in [5.74, 6) is -2.26. The van der Waals surface area contributed by atoms with E-state index in [4.69, 9.17) is 0 Å². The maximum atomic E-state index is 14.2. The van der Waals surface area contributed by atoms with E-state index in [1.807, 2.05) is 78.9 Å². The summed E-state index contributed by atoms with van der Waals surface area (Å²) in [6, 6.07) is 28.8. The minimum absolute atomic E-state index is 0.167. The molecule has 2 atom stereocenters. The molecule has 8 rings (SSSR count). The van der Waals surface area contributed by atoms with Gasteiger partial charge in [0.15, 0.2) is 0 Å². The number of hydrogen-bond acceptors (Lipinski definition) is 5. The van der Waals surface area contributed by atoms with Gasteiger partial charge in [-0.1, -0.05) is 78.9 Å². The molecule has 2 heterocycles. The molecule has 7 nitrogen and oxygen atoms in total. The molecule has 2 unspecified atom stereocenters. The van der Waals surface area contributed by atoms with Gasteiger partial charge in [0.05, 0.1) is 29.4 Å². The fourth-order valence-corrected chi connectivity index (χ4v) is 6.79. The molecular weight excluding hydrogens is 488 g/mol. The Kier molecular flexibility index (Phi) is 5.26. The number of amides is 3. The molecule has 1 saturated heterocycles. The highest BCUT2D eigenvalue weighted by molar-refractivity contribution is 6.11. The van der Waals surface area contributed by atoms with Crippen molar-refractivity contribution < 1.29 is 14.4 Å². The van der Waals surface area contributed by atoms with Crippen LogP contribution in [0.3, 0.4) is 0 Å². The minimum Gasteiger partial charge on any atom is -0.278 e. The highest BCUT2D eigenvalue weighted by Crippen LogP contribution is 2.63. The first kappa shape index (κ1) is 23.2. The number of rotatable bonds is 5. The topological polar surface area (TPSA) is 91.7 Å². The number of carbonyl (C=O) groups is 3. The van der Waals surface area contributed by atoms with Crippen molar-refractivity contribution in [2.24, 2.45) is 16.9 Å². The SMILES string of the molecule is O=C(NN=CC12c3ccccc3C(c3ccccc31)C1C(=O)N(Cc3ccccc3)C(=O)C12)c1cccnc1. The van der Waals surface area contributed by atoms with Gasteiger partial charge in [-0.2, -0.15) is 5.10 Å². The lowest BCUT2D eigenvalue weighted by atomic mass is 9.47. The molecule has 4 aliphatic rings. The van der Waals surface area contributed by atoms with Crippen molar-refractivity contribution in [2.75, 3.05) is 0 Å². The average molecular weight is 513 g/mol. The van der Waals surface area contributed by atoms with Crippen LogP contribution in [0.25, 0.3) is 0 Å². The highest BCUT2D eigenvalue weighted by atomic mass is 16.2. The summed E-state index contributed by atoms with van der Waals surface area (Å²) >= 11 is 0. The van der Waals surface area contributed by atoms with Crippen LogP contribution in [0.15, 0.2) is 108 Å². The molecule has 0 radical (unpaired) electrons. The lowest BCUT2D eigenvalue weighted by Crippen LogP contribution is -2.54. The second-order valence-corrected chi connectivity index (χ2v) is 10.2. The zero-order valence-electron chi connectivity index (χ0n) is 20.9. The van der Waals surface area contributed by atoms with Crippen molar-refractivity contribution in [2.45, 2.75) is 17.9 Å². The Hall–Kier alpha value is -4.91. The second-order valence-electron chi connectivity index (χ2n) is 10.2. The van der Waals surface area contributed by atoms with Crippen molar-refractivity contribution in [3.05, 3.63) is 137 Å². The number of hydrogen-bond donors (Lipinski definition) is 1. The monoisotopic (exact) mass is 512 g/mol. The molecule has 2 bridgehead atoms. The van der Waals surface area contributed by atoms with E-state index in [0.717, 1.165) is 27.8 Å². The van der Waals surface area contributed by atoms with Gasteiger partial charge in [0.25, 0.3) is 5.91 Å². The summed E-state index contributed by atoms with van der Waals surface area (Å²) in [5, 5.41) is 4.43. The molecule has 1 fully saturated rings. The van der Waals surface area contributed by atoms with E-state index in [0.29, 0.717) is 5.56 Å². The van der Waals surface area contributed by atoms with Gasteiger partial charge in [-0.15, -0.1) is 0 Å². The summed E-state index contributed by atoms with van der Waals surface area (Å²) in [7, 11) is 0. The molecule has 4 aromatic rings. The van der Waals surface area contributed by atoms with Crippen LogP contribution < -0.4 is 5.43 Å². The Morgan fingerprint density at radius 1 is 0.872 bits per heavy atom. The van der Waals surface area contributed by atoms with Crippen molar-refractivity contribution in [3.63, 3.8) is 0 Å². The van der Waals surface area contributed by atoms with Crippen LogP contribution >= 0.6 is 0 Å². The Morgan fingerprint density at radius 2 is 1.54 bits per heavy atom. The van der Waals surface area contributed by atoms with Gasteiger partial charge < -0.3 is 0 Å². The molecule has 1 aliphatic heterocycles. The zero-order valence-corrected chi connectivity index (χ0v) is 20.9. The molecule has 3 amide bonds. The Bertz CT molecular complexity index is 1600. The summed E-state index contributed by atoms with van der Waals surface area (Å²) in [5.41, 5.74) is 6.79. The first-order chi connectivity index (χ1) is 19.1. The predicted octanol–water partition coefficient (Wildman–Crippen LogP) is 4.04. The molecule has 7 heteroatoms. The van der Waals surface area contributed by atoms with Crippen LogP contribution in [0.4, 0.5) is 0 Å². The van der Waals surface area contributed by atoms with Crippen LogP contribution in [0.2, 0.25) is 0 Å². The molecule has 190 valence electrons. The van der Waals surface area contributed by atoms with E-state index in [-0.39, 0.29) is 24.3 Å². The second kappa shape index (κ2) is 8.84. The predicted molar refractivity (Wildman–Crippen MR) is 145 cm³/mol. The number of nitrogens with zero attached hydrogens (tertiary/aromatic N) is 3. The average Bonchev–Trinajstić information content (AvgIpc) is 3.24. The van der Waals surface area contributed by atoms with Gasteiger partial charge in [-0.25, -0.2) is 5.43 Å². The van der Waals surface area contributed by atoms with E-state index in [1.165, 1.54) is 11.1 Å². The maximum absolute atomic E-state index is 14.2. The third kappa shape index (κ3) is 3.32. The van der Waals surface area contributed by atoms with Gasteiger partial charge in [-0.3, -0.25) is 24.3 Å². The number of aromatic nitrogens is 1. The van der Waals surface area contributed by atoms with Crippen LogP contribution in [0.1, 0.15) is 44.1 Å². The third-order valence-corrected chi connectivity index (χ3v) is 8.32. The van der Waals surface area contributed by atoms with Crippen molar-refractivity contribution in [1.82, 2.24) is 15.3 Å². The Labute approximate surface area is 225 Å². The van der Waals surface area contributed by atoms with E-state index >= 15 is 0 Å². The zero-order chi connectivity index (χ0) is 26.6. The van der Waals surface area contributed by atoms with Gasteiger partial charge in [0.2, 0.25) is 11.8 Å². The summed E-state index contributed by atoms with van der Waals surface area (Å²) < 4.78 is 0. The van der Waals surface area contributed by atoms with E-state index in [1.54, 1.807) is 24.5 Å². The van der Waals surface area contributed by atoms with Crippen molar-refractivity contribution in [1.29, 1.82) is 0 Å². The van der Waals surface area contributed by atoms with Crippen LogP contribution in [0.5, 0.6) is 0 Å². The highest BCUT2D eigenvalue weighted by Gasteiger charge is 2.67. The number of hydrazone groups is 1. The Balaban J connectivity index is 1.38. The largest absolute Gasteiger partial charge is 0.278 e. The van der Waals surface area contributed by atoms with Crippen LogP contribution in [0, 0.1) is 11.8 Å². The Morgan fingerprint density at radius 3 is 2.21 bits per heavy atom.